The number of pyridine rings is 1. The molecule has 0 spiro atoms. The molecule has 0 bridgehead atoms. The molecule has 4 rings (SSSR count). The normalized spacial score (nSPS) is 12.8. The summed E-state index contributed by atoms with van der Waals surface area (Å²) in [7, 11) is 0. The van der Waals surface area contributed by atoms with Gasteiger partial charge in [-0.05, 0) is 42.5 Å². The molecule has 0 aliphatic carbocycles. The molecule has 29 heavy (non-hydrogen) atoms. The fourth-order valence-electron chi connectivity index (χ4n) is 2.95. The van der Waals surface area contributed by atoms with Crippen LogP contribution in [0.1, 0.15) is 10.4 Å². The van der Waals surface area contributed by atoms with Crippen molar-refractivity contribution in [1.82, 2.24) is 4.98 Å². The van der Waals surface area contributed by atoms with Crippen LogP contribution in [-0.4, -0.2) is 29.2 Å². The Morgan fingerprint density at radius 2 is 1.90 bits per heavy atom. The van der Waals surface area contributed by atoms with Gasteiger partial charge in [-0.1, -0.05) is 18.2 Å². The predicted octanol–water partition coefficient (Wildman–Crippen LogP) is 4.62. The Hall–Kier alpha value is -3.39. The highest BCUT2D eigenvalue weighted by Crippen LogP contribution is 2.32. The lowest BCUT2D eigenvalue weighted by atomic mass is 10.2. The summed E-state index contributed by atoms with van der Waals surface area (Å²) in [4.78, 5) is 31.2. The van der Waals surface area contributed by atoms with Crippen LogP contribution in [-0.2, 0) is 0 Å². The first-order chi connectivity index (χ1) is 14.1. The molecule has 8 heteroatoms. The van der Waals surface area contributed by atoms with E-state index in [4.69, 9.17) is 0 Å². The molecule has 2 N–H and O–H groups in total. The summed E-state index contributed by atoms with van der Waals surface area (Å²) in [5.74, 6) is -0.224. The molecule has 0 radical (unpaired) electrons. The molecule has 3 aromatic rings. The smallest absolute Gasteiger partial charge is 0.319 e. The van der Waals surface area contributed by atoms with E-state index >= 15 is 0 Å². The zero-order valence-electron chi connectivity index (χ0n) is 15.3. The largest absolute Gasteiger partial charge is 0.326 e. The molecular weight excluding hydrogens is 391 g/mol. The Balaban J connectivity index is 1.49. The maximum Gasteiger partial charge on any atom is 0.326 e. The Bertz CT molecular complexity index is 1080. The highest BCUT2D eigenvalue weighted by Gasteiger charge is 2.23. The van der Waals surface area contributed by atoms with Crippen LogP contribution >= 0.6 is 11.8 Å². The molecule has 0 saturated heterocycles. The van der Waals surface area contributed by atoms with Crippen molar-refractivity contribution >= 4 is 40.8 Å². The summed E-state index contributed by atoms with van der Waals surface area (Å²) in [6.07, 6.45) is 1.70. The zero-order chi connectivity index (χ0) is 20.2. The van der Waals surface area contributed by atoms with Gasteiger partial charge < -0.3 is 10.6 Å². The van der Waals surface area contributed by atoms with Gasteiger partial charge in [-0.2, -0.15) is 0 Å². The van der Waals surface area contributed by atoms with Crippen LogP contribution in [0.3, 0.4) is 0 Å². The molecule has 2 heterocycles. The molecule has 0 unspecified atom stereocenters. The van der Waals surface area contributed by atoms with Crippen LogP contribution in [0, 0.1) is 5.82 Å². The van der Waals surface area contributed by atoms with Crippen LogP contribution in [0.15, 0.2) is 71.9 Å². The van der Waals surface area contributed by atoms with Gasteiger partial charge in [0, 0.05) is 29.7 Å². The minimum Gasteiger partial charge on any atom is -0.319 e. The number of benzene rings is 2. The van der Waals surface area contributed by atoms with Gasteiger partial charge in [0.15, 0.2) is 0 Å². The second kappa shape index (κ2) is 8.32. The number of fused-ring (bicyclic) bond motifs is 1. The van der Waals surface area contributed by atoms with Crippen LogP contribution in [0.4, 0.5) is 26.2 Å². The third kappa shape index (κ3) is 4.22. The number of nitrogens with one attached hydrogen (secondary N) is 2. The number of amides is 3. The third-order valence-corrected chi connectivity index (χ3v) is 5.31. The second-order valence-electron chi connectivity index (χ2n) is 6.27. The maximum absolute atomic E-state index is 13.8. The number of anilines is 3. The van der Waals surface area contributed by atoms with Crippen molar-refractivity contribution < 1.29 is 14.0 Å². The topological polar surface area (TPSA) is 74.3 Å². The number of para-hydroxylation sites is 1. The molecule has 1 aliphatic heterocycles. The Kier molecular flexibility index (Phi) is 5.44. The first-order valence-electron chi connectivity index (χ1n) is 8.94. The minimum atomic E-state index is -0.513. The van der Waals surface area contributed by atoms with Crippen molar-refractivity contribution in [2.45, 2.75) is 5.03 Å². The fraction of sp³-hybridized carbons (Fsp3) is 0.0952. The van der Waals surface area contributed by atoms with Crippen LogP contribution in [0.5, 0.6) is 0 Å². The van der Waals surface area contributed by atoms with Crippen molar-refractivity contribution in [3.63, 3.8) is 0 Å². The van der Waals surface area contributed by atoms with Crippen molar-refractivity contribution in [1.29, 1.82) is 0 Å². The number of thioether (sulfide) groups is 1. The summed E-state index contributed by atoms with van der Waals surface area (Å²) >= 11 is 1.61. The number of aromatic nitrogens is 1. The second-order valence-corrected chi connectivity index (χ2v) is 7.36. The van der Waals surface area contributed by atoms with Gasteiger partial charge in [0.05, 0.1) is 11.4 Å². The molecule has 3 amide bonds. The van der Waals surface area contributed by atoms with Crippen molar-refractivity contribution in [2.24, 2.45) is 0 Å². The first-order valence-corrected chi connectivity index (χ1v) is 9.92. The Morgan fingerprint density at radius 3 is 2.76 bits per heavy atom. The molecule has 6 nitrogen and oxygen atoms in total. The van der Waals surface area contributed by atoms with E-state index in [-0.39, 0.29) is 11.7 Å². The number of hydrogen-bond acceptors (Lipinski definition) is 4. The average Bonchev–Trinajstić information content (AvgIpc) is 2.75. The van der Waals surface area contributed by atoms with Crippen molar-refractivity contribution in [3.05, 3.63) is 78.2 Å². The van der Waals surface area contributed by atoms with Crippen molar-refractivity contribution in [2.75, 3.05) is 27.8 Å². The number of nitrogens with zero attached hydrogens (tertiary/aromatic N) is 2. The molecular formula is C21H17FN4O2S. The van der Waals surface area contributed by atoms with Gasteiger partial charge in [-0.25, -0.2) is 14.2 Å². The van der Waals surface area contributed by atoms with Crippen LogP contribution in [0.2, 0.25) is 0 Å². The molecule has 146 valence electrons. The Morgan fingerprint density at radius 1 is 1.03 bits per heavy atom. The number of halogens is 1. The summed E-state index contributed by atoms with van der Waals surface area (Å²) in [6.45, 7) is 0.558. The highest BCUT2D eigenvalue weighted by atomic mass is 32.2. The van der Waals surface area contributed by atoms with Gasteiger partial charge in [-0.3, -0.25) is 9.69 Å². The van der Waals surface area contributed by atoms with E-state index in [9.17, 15) is 14.0 Å². The number of carbonyl (C=O) groups is 2. The third-order valence-electron chi connectivity index (χ3n) is 4.34. The monoisotopic (exact) mass is 408 g/mol. The van der Waals surface area contributed by atoms with Gasteiger partial charge in [0.2, 0.25) is 0 Å². The lowest BCUT2D eigenvalue weighted by Gasteiger charge is -2.28. The van der Waals surface area contributed by atoms with E-state index < -0.39 is 11.7 Å². The standard InChI is InChI=1S/C21H17FN4O2S/c22-16-7-1-2-8-17(16)25-19(27)14-5-3-6-15(13-14)24-21(28)26-11-12-29-20-18(26)9-4-10-23-20/h1-10,13H,11-12H2,(H,24,28)(H,25,27). The molecule has 1 aliphatic rings. The van der Waals surface area contributed by atoms with Crippen LogP contribution < -0.4 is 15.5 Å². The summed E-state index contributed by atoms with van der Waals surface area (Å²) in [5, 5.41) is 6.17. The average molecular weight is 408 g/mol. The molecule has 1 aromatic heterocycles. The molecule has 0 atom stereocenters. The quantitative estimate of drug-likeness (QED) is 0.663. The minimum absolute atomic E-state index is 0.0989. The number of rotatable bonds is 3. The summed E-state index contributed by atoms with van der Waals surface area (Å²) in [6, 6.07) is 15.8. The highest BCUT2D eigenvalue weighted by molar-refractivity contribution is 7.99. The zero-order valence-corrected chi connectivity index (χ0v) is 16.1. The van der Waals surface area contributed by atoms with E-state index in [1.54, 1.807) is 65.3 Å². The molecule has 0 fully saturated rings. The lowest BCUT2D eigenvalue weighted by molar-refractivity contribution is 0.102. The van der Waals surface area contributed by atoms with E-state index in [1.807, 2.05) is 6.07 Å². The number of hydrogen-bond donors (Lipinski definition) is 2. The molecule has 0 saturated carbocycles. The van der Waals surface area contributed by atoms with Crippen molar-refractivity contribution in [3.8, 4) is 0 Å². The summed E-state index contributed by atoms with van der Waals surface area (Å²) < 4.78 is 13.8. The van der Waals surface area contributed by atoms with E-state index in [0.717, 1.165) is 16.5 Å². The maximum atomic E-state index is 13.8. The SMILES string of the molecule is O=C(Nc1ccccc1F)c1cccc(NC(=O)N2CCSc3ncccc32)c1. The number of urea groups is 1. The van der Waals surface area contributed by atoms with Gasteiger partial charge in [0.1, 0.15) is 10.8 Å². The predicted molar refractivity (Wildman–Crippen MR) is 112 cm³/mol. The van der Waals surface area contributed by atoms with Crippen LogP contribution in [0.25, 0.3) is 0 Å². The number of carbonyl (C=O) groups excluding carboxylic acids is 2. The molecule has 2 aromatic carbocycles. The van der Waals surface area contributed by atoms with E-state index in [1.165, 1.54) is 12.1 Å². The van der Waals surface area contributed by atoms with Gasteiger partial charge in [0.25, 0.3) is 5.91 Å². The van der Waals surface area contributed by atoms with E-state index in [2.05, 4.69) is 15.6 Å². The Labute approximate surface area is 171 Å². The summed E-state index contributed by atoms with van der Waals surface area (Å²) in [5.41, 5.74) is 1.64. The van der Waals surface area contributed by atoms with Gasteiger partial charge in [-0.15, -0.1) is 11.8 Å². The fourth-order valence-corrected chi connectivity index (χ4v) is 3.88. The van der Waals surface area contributed by atoms with E-state index in [0.29, 0.717) is 17.8 Å². The lowest BCUT2D eigenvalue weighted by Crippen LogP contribution is -2.38. The van der Waals surface area contributed by atoms with Gasteiger partial charge >= 0.3 is 6.03 Å². The first kappa shape index (κ1) is 18.9.